The van der Waals surface area contributed by atoms with Crippen molar-refractivity contribution in [2.45, 2.75) is 12.5 Å². The second kappa shape index (κ2) is 6.45. The average Bonchev–Trinajstić information content (AvgIpc) is 2.80. The van der Waals surface area contributed by atoms with E-state index < -0.39 is 0 Å². The molecule has 2 aromatic rings. The van der Waals surface area contributed by atoms with Gasteiger partial charge in [0.05, 0.1) is 6.04 Å². The molecule has 3 nitrogen and oxygen atoms in total. The summed E-state index contributed by atoms with van der Waals surface area (Å²) in [6.07, 6.45) is 0.516. The molecule has 1 heterocycles. The Hall–Kier alpha value is -1.29. The van der Waals surface area contributed by atoms with E-state index in [1.54, 1.807) is 0 Å². The number of aliphatic hydroxyl groups excluding tert-OH is 1. The summed E-state index contributed by atoms with van der Waals surface area (Å²) in [6, 6.07) is 13.4. The summed E-state index contributed by atoms with van der Waals surface area (Å²) in [6.45, 7) is 0.0720. The maximum Gasteiger partial charge on any atom is 0.134 e. The molecule has 0 radical (unpaired) electrons. The van der Waals surface area contributed by atoms with Gasteiger partial charge in [-0.1, -0.05) is 30.3 Å². The van der Waals surface area contributed by atoms with Gasteiger partial charge in [-0.3, -0.25) is 0 Å². The van der Waals surface area contributed by atoms with E-state index in [0.717, 1.165) is 11.3 Å². The van der Waals surface area contributed by atoms with Gasteiger partial charge in [-0.15, -0.1) is 12.4 Å². The molecule has 1 unspecified atom stereocenters. The van der Waals surface area contributed by atoms with E-state index in [1.165, 1.54) is 0 Å². The molecule has 4 heteroatoms. The van der Waals surface area contributed by atoms with Crippen LogP contribution >= 0.6 is 12.4 Å². The van der Waals surface area contributed by atoms with Crippen molar-refractivity contribution in [3.05, 3.63) is 48.2 Å². The normalized spacial score (nSPS) is 11.9. The minimum absolute atomic E-state index is 0. The molecule has 0 aliphatic rings. The first-order valence-electron chi connectivity index (χ1n) is 5.33. The molecule has 0 bridgehead atoms. The van der Waals surface area contributed by atoms with Crippen LogP contribution in [0.5, 0.6) is 0 Å². The molecule has 0 saturated carbocycles. The van der Waals surface area contributed by atoms with Crippen molar-refractivity contribution in [1.29, 1.82) is 0 Å². The standard InChI is InChI=1S/C13H15NO2.ClH/c14-11(8-9-15)13-7-6-12(16-13)10-4-2-1-3-5-10;/h1-7,11,15H,8-9,14H2;1H. The third-order valence-electron chi connectivity index (χ3n) is 2.49. The van der Waals surface area contributed by atoms with Crippen molar-refractivity contribution in [2.24, 2.45) is 5.73 Å². The van der Waals surface area contributed by atoms with E-state index in [2.05, 4.69) is 0 Å². The van der Waals surface area contributed by atoms with Crippen LogP contribution in [0.1, 0.15) is 18.2 Å². The van der Waals surface area contributed by atoms with Gasteiger partial charge in [0.15, 0.2) is 0 Å². The van der Waals surface area contributed by atoms with E-state index in [0.29, 0.717) is 12.2 Å². The Morgan fingerprint density at radius 2 is 1.82 bits per heavy atom. The number of furan rings is 1. The second-order valence-corrected chi connectivity index (χ2v) is 3.69. The fraction of sp³-hybridized carbons (Fsp3) is 0.231. The fourth-order valence-corrected chi connectivity index (χ4v) is 1.59. The maximum atomic E-state index is 8.80. The van der Waals surface area contributed by atoms with Crippen molar-refractivity contribution in [3.63, 3.8) is 0 Å². The summed E-state index contributed by atoms with van der Waals surface area (Å²) < 4.78 is 5.65. The summed E-state index contributed by atoms with van der Waals surface area (Å²) in [5, 5.41) is 8.80. The highest BCUT2D eigenvalue weighted by Crippen LogP contribution is 2.25. The molecule has 0 fully saturated rings. The molecule has 0 amide bonds. The molecular formula is C13H16ClNO2. The van der Waals surface area contributed by atoms with Gasteiger partial charge in [0.25, 0.3) is 0 Å². The molecule has 1 aromatic heterocycles. The minimum atomic E-state index is -0.234. The number of halogens is 1. The first-order valence-corrected chi connectivity index (χ1v) is 5.33. The summed E-state index contributed by atoms with van der Waals surface area (Å²) in [5.41, 5.74) is 6.88. The quantitative estimate of drug-likeness (QED) is 0.881. The topological polar surface area (TPSA) is 59.4 Å². The monoisotopic (exact) mass is 253 g/mol. The Morgan fingerprint density at radius 3 is 2.47 bits per heavy atom. The van der Waals surface area contributed by atoms with Gasteiger partial charge in [0.2, 0.25) is 0 Å². The highest BCUT2D eigenvalue weighted by molar-refractivity contribution is 5.85. The Morgan fingerprint density at radius 1 is 1.12 bits per heavy atom. The number of hydrogen-bond acceptors (Lipinski definition) is 3. The van der Waals surface area contributed by atoms with E-state index in [9.17, 15) is 0 Å². The van der Waals surface area contributed by atoms with Crippen molar-refractivity contribution < 1.29 is 9.52 Å². The van der Waals surface area contributed by atoms with Crippen LogP contribution in [0.4, 0.5) is 0 Å². The molecule has 3 N–H and O–H groups in total. The number of rotatable bonds is 4. The first-order chi connectivity index (χ1) is 7.81. The van der Waals surface area contributed by atoms with Crippen LogP contribution in [-0.2, 0) is 0 Å². The highest BCUT2D eigenvalue weighted by Gasteiger charge is 2.10. The van der Waals surface area contributed by atoms with Crippen molar-refractivity contribution >= 4 is 12.4 Å². The van der Waals surface area contributed by atoms with Crippen LogP contribution in [0.25, 0.3) is 11.3 Å². The number of aliphatic hydroxyl groups is 1. The average molecular weight is 254 g/mol. The zero-order valence-electron chi connectivity index (χ0n) is 9.37. The lowest BCUT2D eigenvalue weighted by atomic mass is 10.2. The SMILES string of the molecule is Cl.NC(CCO)c1ccc(-c2ccccc2)o1. The van der Waals surface area contributed by atoms with Crippen LogP contribution in [-0.4, -0.2) is 11.7 Å². The largest absolute Gasteiger partial charge is 0.459 e. The lowest BCUT2D eigenvalue weighted by Gasteiger charge is -2.05. The molecule has 1 aromatic carbocycles. The third kappa shape index (κ3) is 3.33. The summed E-state index contributed by atoms with van der Waals surface area (Å²) >= 11 is 0. The van der Waals surface area contributed by atoms with Gasteiger partial charge in [-0.25, -0.2) is 0 Å². The van der Waals surface area contributed by atoms with Crippen LogP contribution < -0.4 is 5.73 Å². The van der Waals surface area contributed by atoms with E-state index in [-0.39, 0.29) is 25.1 Å². The molecule has 17 heavy (non-hydrogen) atoms. The zero-order valence-corrected chi connectivity index (χ0v) is 10.2. The smallest absolute Gasteiger partial charge is 0.134 e. The molecule has 0 spiro atoms. The summed E-state index contributed by atoms with van der Waals surface area (Å²) in [4.78, 5) is 0. The predicted molar refractivity (Wildman–Crippen MR) is 70.0 cm³/mol. The second-order valence-electron chi connectivity index (χ2n) is 3.69. The van der Waals surface area contributed by atoms with E-state index in [4.69, 9.17) is 15.3 Å². The summed E-state index contributed by atoms with van der Waals surface area (Å²) in [7, 11) is 0. The minimum Gasteiger partial charge on any atom is -0.459 e. The number of benzene rings is 1. The molecule has 0 saturated heterocycles. The molecule has 2 rings (SSSR count). The first kappa shape index (κ1) is 13.8. The Labute approximate surface area is 107 Å². The molecule has 1 atom stereocenters. The number of nitrogens with two attached hydrogens (primary N) is 1. The predicted octanol–water partition coefficient (Wildman–Crippen LogP) is 2.75. The van der Waals surface area contributed by atoms with Crippen molar-refractivity contribution in [1.82, 2.24) is 0 Å². The number of hydrogen-bond donors (Lipinski definition) is 2. The lowest BCUT2D eigenvalue weighted by molar-refractivity contribution is 0.269. The fourth-order valence-electron chi connectivity index (χ4n) is 1.59. The third-order valence-corrected chi connectivity index (χ3v) is 2.49. The van der Waals surface area contributed by atoms with Crippen molar-refractivity contribution in [2.75, 3.05) is 6.61 Å². The highest BCUT2D eigenvalue weighted by atomic mass is 35.5. The van der Waals surface area contributed by atoms with Crippen LogP contribution in [0.3, 0.4) is 0 Å². The van der Waals surface area contributed by atoms with Crippen molar-refractivity contribution in [3.8, 4) is 11.3 Å². The van der Waals surface area contributed by atoms with Gasteiger partial charge >= 0.3 is 0 Å². The van der Waals surface area contributed by atoms with E-state index >= 15 is 0 Å². The van der Waals surface area contributed by atoms with Gasteiger partial charge in [0, 0.05) is 12.2 Å². The van der Waals surface area contributed by atoms with Crippen LogP contribution in [0.2, 0.25) is 0 Å². The van der Waals surface area contributed by atoms with Crippen LogP contribution in [0.15, 0.2) is 46.9 Å². The maximum absolute atomic E-state index is 8.80. The van der Waals surface area contributed by atoms with Gasteiger partial charge in [-0.2, -0.15) is 0 Å². The summed E-state index contributed by atoms with van der Waals surface area (Å²) in [5.74, 6) is 1.52. The Kier molecular flexibility index (Phi) is 5.22. The van der Waals surface area contributed by atoms with Gasteiger partial charge in [-0.05, 0) is 18.6 Å². The van der Waals surface area contributed by atoms with Crippen LogP contribution in [0, 0.1) is 0 Å². The molecule has 0 aliphatic heterocycles. The molecular weight excluding hydrogens is 238 g/mol. The lowest BCUT2D eigenvalue weighted by Crippen LogP contribution is -2.10. The Balaban J connectivity index is 0.00000144. The Bertz CT molecular complexity index is 442. The molecule has 0 aliphatic carbocycles. The van der Waals surface area contributed by atoms with Gasteiger partial charge < -0.3 is 15.3 Å². The van der Waals surface area contributed by atoms with E-state index in [1.807, 2.05) is 42.5 Å². The van der Waals surface area contributed by atoms with Gasteiger partial charge in [0.1, 0.15) is 11.5 Å². The zero-order chi connectivity index (χ0) is 11.4. The molecule has 92 valence electrons.